The molecule has 2 aromatic rings. The van der Waals surface area contributed by atoms with Crippen LogP contribution < -0.4 is 5.73 Å². The number of halogens is 1. The van der Waals surface area contributed by atoms with Crippen LogP contribution in [-0.2, 0) is 5.88 Å². The van der Waals surface area contributed by atoms with Crippen LogP contribution in [0, 0.1) is 0 Å². The van der Waals surface area contributed by atoms with Gasteiger partial charge in [-0.15, -0.1) is 11.6 Å². The second-order valence-corrected chi connectivity index (χ2v) is 3.15. The van der Waals surface area contributed by atoms with Gasteiger partial charge in [-0.25, -0.2) is 4.98 Å². The predicted molar refractivity (Wildman–Crippen MR) is 55.7 cm³/mol. The molecule has 13 heavy (non-hydrogen) atoms. The zero-order valence-electron chi connectivity index (χ0n) is 7.00. The predicted octanol–water partition coefficient (Wildman–Crippen LogP) is 2.56. The highest BCUT2D eigenvalue weighted by molar-refractivity contribution is 6.17. The second kappa shape index (κ2) is 3.23. The van der Waals surface area contributed by atoms with Crippen molar-refractivity contribution in [3.63, 3.8) is 0 Å². The lowest BCUT2D eigenvalue weighted by Crippen LogP contribution is -1.90. The molecule has 0 aliphatic heterocycles. The Kier molecular flexibility index (Phi) is 2.07. The standard InChI is InChI=1S/C10H9ClN2/c11-6-7-1-2-9-8(5-7)3-4-13-10(9)12/h1-5H,6H2,(H2,12,13). The van der Waals surface area contributed by atoms with Crippen molar-refractivity contribution in [1.82, 2.24) is 4.98 Å². The largest absolute Gasteiger partial charge is 0.383 e. The van der Waals surface area contributed by atoms with Crippen LogP contribution in [0.4, 0.5) is 5.82 Å². The molecule has 0 aliphatic carbocycles. The first kappa shape index (κ1) is 8.32. The van der Waals surface area contributed by atoms with Crippen LogP contribution in [0.3, 0.4) is 0 Å². The van der Waals surface area contributed by atoms with Gasteiger partial charge >= 0.3 is 0 Å². The number of nitrogen functional groups attached to an aromatic ring is 1. The number of anilines is 1. The van der Waals surface area contributed by atoms with E-state index in [-0.39, 0.29) is 0 Å². The van der Waals surface area contributed by atoms with Gasteiger partial charge in [-0.05, 0) is 23.1 Å². The maximum Gasteiger partial charge on any atom is 0.131 e. The number of hydrogen-bond acceptors (Lipinski definition) is 2. The molecule has 0 bridgehead atoms. The van der Waals surface area contributed by atoms with Gasteiger partial charge in [0.25, 0.3) is 0 Å². The molecule has 0 saturated heterocycles. The van der Waals surface area contributed by atoms with E-state index in [0.717, 1.165) is 16.3 Å². The van der Waals surface area contributed by atoms with E-state index in [1.165, 1.54) is 0 Å². The SMILES string of the molecule is Nc1nccc2cc(CCl)ccc12. The Hall–Kier alpha value is -1.28. The van der Waals surface area contributed by atoms with Gasteiger partial charge < -0.3 is 5.73 Å². The first-order chi connectivity index (χ1) is 6.31. The van der Waals surface area contributed by atoms with Crippen LogP contribution in [0.1, 0.15) is 5.56 Å². The molecule has 3 heteroatoms. The van der Waals surface area contributed by atoms with E-state index in [0.29, 0.717) is 11.7 Å². The number of rotatable bonds is 1. The molecular formula is C10H9ClN2. The first-order valence-electron chi connectivity index (χ1n) is 4.00. The van der Waals surface area contributed by atoms with Crippen molar-refractivity contribution in [2.24, 2.45) is 0 Å². The van der Waals surface area contributed by atoms with E-state index in [2.05, 4.69) is 4.98 Å². The number of hydrogen-bond donors (Lipinski definition) is 1. The van der Waals surface area contributed by atoms with Crippen molar-refractivity contribution in [3.05, 3.63) is 36.0 Å². The lowest BCUT2D eigenvalue weighted by Gasteiger charge is -2.01. The lowest BCUT2D eigenvalue weighted by atomic mass is 10.1. The molecule has 2 nitrogen and oxygen atoms in total. The number of pyridine rings is 1. The van der Waals surface area contributed by atoms with E-state index in [1.54, 1.807) is 6.20 Å². The zero-order valence-corrected chi connectivity index (χ0v) is 7.75. The van der Waals surface area contributed by atoms with Crippen molar-refractivity contribution in [2.45, 2.75) is 5.88 Å². The van der Waals surface area contributed by atoms with Gasteiger partial charge in [0.05, 0.1) is 0 Å². The smallest absolute Gasteiger partial charge is 0.131 e. The van der Waals surface area contributed by atoms with Gasteiger partial charge in [0.2, 0.25) is 0 Å². The second-order valence-electron chi connectivity index (χ2n) is 2.89. The summed E-state index contributed by atoms with van der Waals surface area (Å²) in [6.45, 7) is 0. The summed E-state index contributed by atoms with van der Waals surface area (Å²) in [6, 6.07) is 7.88. The molecule has 0 saturated carbocycles. The summed E-state index contributed by atoms with van der Waals surface area (Å²) < 4.78 is 0. The molecule has 0 amide bonds. The highest BCUT2D eigenvalue weighted by Gasteiger charge is 1.98. The third-order valence-corrected chi connectivity index (χ3v) is 2.32. The Morgan fingerprint density at radius 3 is 2.92 bits per heavy atom. The maximum atomic E-state index is 5.72. The van der Waals surface area contributed by atoms with Crippen molar-refractivity contribution in [3.8, 4) is 0 Å². The van der Waals surface area contributed by atoms with Crippen LogP contribution in [0.25, 0.3) is 10.8 Å². The molecule has 0 fully saturated rings. The molecule has 0 radical (unpaired) electrons. The summed E-state index contributed by atoms with van der Waals surface area (Å²) >= 11 is 5.72. The summed E-state index contributed by atoms with van der Waals surface area (Å²) in [7, 11) is 0. The van der Waals surface area contributed by atoms with Crippen LogP contribution in [0.2, 0.25) is 0 Å². The van der Waals surface area contributed by atoms with Gasteiger partial charge in [-0.1, -0.05) is 12.1 Å². The van der Waals surface area contributed by atoms with Crippen LogP contribution >= 0.6 is 11.6 Å². The normalized spacial score (nSPS) is 10.5. The van der Waals surface area contributed by atoms with Gasteiger partial charge in [-0.3, -0.25) is 0 Å². The average Bonchev–Trinajstić information content (AvgIpc) is 2.18. The molecule has 0 aliphatic rings. The van der Waals surface area contributed by atoms with Crippen LogP contribution in [0.5, 0.6) is 0 Å². The number of nitrogens with zero attached hydrogens (tertiary/aromatic N) is 1. The molecule has 66 valence electrons. The molecule has 2 rings (SSSR count). The topological polar surface area (TPSA) is 38.9 Å². The third-order valence-electron chi connectivity index (χ3n) is 2.01. The highest BCUT2D eigenvalue weighted by Crippen LogP contribution is 2.20. The molecule has 0 atom stereocenters. The maximum absolute atomic E-state index is 5.72. The van der Waals surface area contributed by atoms with Gasteiger partial charge in [0, 0.05) is 17.5 Å². The lowest BCUT2D eigenvalue weighted by molar-refractivity contribution is 1.36. The van der Waals surface area contributed by atoms with Crippen molar-refractivity contribution >= 4 is 28.2 Å². The average molecular weight is 193 g/mol. The molecule has 1 aromatic carbocycles. The Morgan fingerprint density at radius 1 is 1.31 bits per heavy atom. The van der Waals surface area contributed by atoms with Crippen LogP contribution in [-0.4, -0.2) is 4.98 Å². The fourth-order valence-corrected chi connectivity index (χ4v) is 1.50. The molecular weight excluding hydrogens is 184 g/mol. The van der Waals surface area contributed by atoms with Crippen molar-refractivity contribution in [1.29, 1.82) is 0 Å². The molecule has 0 unspecified atom stereocenters. The molecule has 2 N–H and O–H groups in total. The molecule has 0 spiro atoms. The Bertz CT molecular complexity index is 440. The van der Waals surface area contributed by atoms with Crippen LogP contribution in [0.15, 0.2) is 30.5 Å². The van der Waals surface area contributed by atoms with Crippen molar-refractivity contribution < 1.29 is 0 Å². The summed E-state index contributed by atoms with van der Waals surface area (Å²) in [5.41, 5.74) is 6.80. The minimum Gasteiger partial charge on any atom is -0.383 e. The number of aromatic nitrogens is 1. The van der Waals surface area contributed by atoms with Gasteiger partial charge in [0.1, 0.15) is 5.82 Å². The fraction of sp³-hybridized carbons (Fsp3) is 0.100. The molecule has 1 heterocycles. The highest BCUT2D eigenvalue weighted by atomic mass is 35.5. The summed E-state index contributed by atoms with van der Waals surface area (Å²) in [5, 5.41) is 2.07. The fourth-order valence-electron chi connectivity index (χ4n) is 1.33. The minimum absolute atomic E-state index is 0.526. The number of fused-ring (bicyclic) bond motifs is 1. The summed E-state index contributed by atoms with van der Waals surface area (Å²) in [4.78, 5) is 4.01. The Morgan fingerprint density at radius 2 is 2.15 bits per heavy atom. The quantitative estimate of drug-likeness (QED) is 0.706. The number of benzene rings is 1. The van der Waals surface area contributed by atoms with E-state index < -0.39 is 0 Å². The summed E-state index contributed by atoms with van der Waals surface area (Å²) in [5.74, 6) is 1.09. The first-order valence-corrected chi connectivity index (χ1v) is 4.54. The number of nitrogens with two attached hydrogens (primary N) is 1. The Labute approximate surface area is 81.3 Å². The molecule has 1 aromatic heterocycles. The third kappa shape index (κ3) is 1.45. The summed E-state index contributed by atoms with van der Waals surface area (Å²) in [6.07, 6.45) is 1.70. The minimum atomic E-state index is 0.526. The van der Waals surface area contributed by atoms with Crippen molar-refractivity contribution in [2.75, 3.05) is 5.73 Å². The van der Waals surface area contributed by atoms with E-state index in [9.17, 15) is 0 Å². The number of alkyl halides is 1. The zero-order chi connectivity index (χ0) is 9.26. The van der Waals surface area contributed by atoms with Gasteiger partial charge in [0.15, 0.2) is 0 Å². The Balaban J connectivity index is 2.72. The van der Waals surface area contributed by atoms with E-state index >= 15 is 0 Å². The van der Waals surface area contributed by atoms with Gasteiger partial charge in [-0.2, -0.15) is 0 Å². The monoisotopic (exact) mass is 192 g/mol. The van der Waals surface area contributed by atoms with E-state index in [4.69, 9.17) is 17.3 Å². The van der Waals surface area contributed by atoms with E-state index in [1.807, 2.05) is 24.3 Å².